The molecule has 0 fully saturated rings. The summed E-state index contributed by atoms with van der Waals surface area (Å²) in [6.07, 6.45) is 5.41. The van der Waals surface area contributed by atoms with Gasteiger partial charge in [0.2, 0.25) is 5.61 Å². The summed E-state index contributed by atoms with van der Waals surface area (Å²) in [5.74, 6) is 1.81. The first kappa shape index (κ1) is 5.07. The van der Waals surface area contributed by atoms with Gasteiger partial charge in [-0.2, -0.15) is 4.79 Å². The molecule has 8 heavy (non-hydrogen) atoms. The van der Waals surface area contributed by atoms with Crippen LogP contribution in [0.3, 0.4) is 0 Å². The Bertz CT molecular complexity index is 187. The molecule has 1 aliphatic rings. The molecule has 0 bridgehead atoms. The van der Waals surface area contributed by atoms with Crippen molar-refractivity contribution < 1.29 is 4.79 Å². The summed E-state index contributed by atoms with van der Waals surface area (Å²) in [6, 6.07) is 0. The molecule has 0 saturated heterocycles. The van der Waals surface area contributed by atoms with E-state index in [1.165, 1.54) is 0 Å². The van der Waals surface area contributed by atoms with E-state index in [1.807, 2.05) is 18.1 Å². The molecule has 0 aromatic rings. The predicted molar refractivity (Wildman–Crippen MR) is 32.7 cm³/mol. The Hall–Kier alpha value is -1.08. The van der Waals surface area contributed by atoms with Crippen LogP contribution in [-0.2, 0) is 0 Å². The molecule has 0 amide bonds. The Morgan fingerprint density at radius 2 is 2.38 bits per heavy atom. The summed E-state index contributed by atoms with van der Waals surface area (Å²) in [5, 5.41) is 0. The maximum absolute atomic E-state index is 8.16. The average Bonchev–Trinajstić information content (AvgIpc) is 1.90. The fourth-order valence-corrected chi connectivity index (χ4v) is 0.495. The van der Waals surface area contributed by atoms with Crippen LogP contribution in [0, 0.1) is 0 Å². The molecule has 0 aromatic heterocycles. The summed E-state index contributed by atoms with van der Waals surface area (Å²) in [4.78, 5) is 2.97. The van der Waals surface area contributed by atoms with Crippen molar-refractivity contribution in [1.82, 2.24) is 0 Å². The number of hydrogen-bond donors (Lipinski definition) is 0. The molecule has 1 rings (SSSR count). The van der Waals surface area contributed by atoms with E-state index in [0.717, 1.165) is 0 Å². The van der Waals surface area contributed by atoms with Gasteiger partial charge in [-0.15, -0.1) is 5.98 Å². The second-order valence-electron chi connectivity index (χ2n) is 1.44. The minimum absolute atomic E-state index is 0.590. The molecule has 0 spiro atoms. The van der Waals surface area contributed by atoms with E-state index < -0.39 is 0 Å². The second kappa shape index (κ2) is 2.29. The zero-order valence-electron chi connectivity index (χ0n) is 4.28. The highest BCUT2D eigenvalue weighted by atomic mass is 14.8. The lowest BCUT2D eigenvalue weighted by molar-refractivity contribution is 0.00112. The smallest absolute Gasteiger partial charge is 0.297 e. The van der Waals surface area contributed by atoms with E-state index in [2.05, 4.69) is 4.79 Å². The van der Waals surface area contributed by atoms with E-state index in [1.54, 1.807) is 13.4 Å². The van der Waals surface area contributed by atoms with Crippen molar-refractivity contribution in [3.63, 3.8) is 0 Å². The van der Waals surface area contributed by atoms with Crippen LogP contribution in [0.5, 0.6) is 0 Å². The van der Waals surface area contributed by atoms with Crippen LogP contribution in [0.25, 0.3) is 5.53 Å². The summed E-state index contributed by atoms with van der Waals surface area (Å²) < 4.78 is 0. The van der Waals surface area contributed by atoms with Crippen molar-refractivity contribution in [2.75, 3.05) is 0 Å². The molecule has 37 valence electrons. The van der Waals surface area contributed by atoms with Crippen LogP contribution < -0.4 is 0 Å². The lowest BCUT2D eigenvalue weighted by Gasteiger charge is -1.83. The molecule has 0 aromatic carbocycles. The van der Waals surface area contributed by atoms with E-state index in [-0.39, 0.29) is 0 Å². The first-order chi connectivity index (χ1) is 3.93. The molecule has 0 unspecified atom stereocenters. The van der Waals surface area contributed by atoms with Crippen LogP contribution in [0.2, 0.25) is 0 Å². The highest BCUT2D eigenvalue weighted by Gasteiger charge is 2.02. The largest absolute Gasteiger partial charge is 0.362 e. The van der Waals surface area contributed by atoms with E-state index in [9.17, 15) is 0 Å². The van der Waals surface area contributed by atoms with Gasteiger partial charge < -0.3 is 5.53 Å². The Kier molecular flexibility index (Phi) is 1.45. The molecule has 1 aliphatic heterocycles. The van der Waals surface area contributed by atoms with Crippen molar-refractivity contribution in [2.24, 2.45) is 0 Å². The van der Waals surface area contributed by atoms with Gasteiger partial charge in [0, 0.05) is 6.08 Å². The van der Waals surface area contributed by atoms with Gasteiger partial charge in [-0.3, -0.25) is 0 Å². The monoisotopic (exact) mass is 103 g/mol. The maximum atomic E-state index is 8.16. The summed E-state index contributed by atoms with van der Waals surface area (Å²) in [6.45, 7) is 0. The fraction of sp³-hybridized carbons (Fsp3) is 0. The first-order valence-electron chi connectivity index (χ1n) is 2.33. The average molecular weight is 103 g/mol. The van der Waals surface area contributed by atoms with Gasteiger partial charge in [-0.05, 0) is 0 Å². The molecule has 0 atom stereocenters. The third kappa shape index (κ3) is 0.952. The third-order valence-electron chi connectivity index (χ3n) is 0.872. The maximum Gasteiger partial charge on any atom is 0.297 e. The molecule has 0 aliphatic carbocycles. The lowest BCUT2D eigenvalue weighted by Crippen LogP contribution is -2.06. The van der Waals surface area contributed by atoms with Crippen LogP contribution in [-0.4, -0.2) is 17.7 Å². The minimum atomic E-state index is 0.590. The normalized spacial score (nSPS) is 15.2. The first-order valence-corrected chi connectivity index (χ1v) is 2.33. The third-order valence-corrected chi connectivity index (χ3v) is 0.872. The lowest BCUT2D eigenvalue weighted by atomic mass is 9.70. The zero-order chi connectivity index (χ0) is 5.82. The Morgan fingerprint density at radius 1 is 1.50 bits per heavy atom. The Labute approximate surface area is 48.4 Å². The standard InChI is InChI=1S/C5H4BN2/c7-8-5-3-1-2-4-6-5/h1-4H. The van der Waals surface area contributed by atoms with E-state index in [0.29, 0.717) is 5.61 Å². The fourth-order valence-electron chi connectivity index (χ4n) is 0.495. The van der Waals surface area contributed by atoms with E-state index >= 15 is 0 Å². The SMILES string of the molecule is [N-]=[N+]=C1[B]C=CC=C1. The molecule has 2 nitrogen and oxygen atoms in total. The van der Waals surface area contributed by atoms with Crippen LogP contribution in [0.15, 0.2) is 24.2 Å². The van der Waals surface area contributed by atoms with Crippen molar-refractivity contribution in [3.05, 3.63) is 29.7 Å². The molecule has 0 N–H and O–H groups in total. The number of hydrogen-bond acceptors (Lipinski definition) is 0. The summed E-state index contributed by atoms with van der Waals surface area (Å²) >= 11 is 0. The van der Waals surface area contributed by atoms with Crippen molar-refractivity contribution in [1.29, 1.82) is 0 Å². The molecule has 1 heterocycles. The van der Waals surface area contributed by atoms with Gasteiger partial charge in [-0.25, -0.2) is 0 Å². The highest BCUT2D eigenvalue weighted by molar-refractivity contribution is 6.80. The molecule has 0 saturated carbocycles. The highest BCUT2D eigenvalue weighted by Crippen LogP contribution is 1.85. The molecular formula is C5H4BN2. The topological polar surface area (TPSA) is 36.4 Å². The van der Waals surface area contributed by atoms with Crippen molar-refractivity contribution in [3.8, 4) is 0 Å². The van der Waals surface area contributed by atoms with Crippen molar-refractivity contribution in [2.45, 2.75) is 0 Å². The second-order valence-corrected chi connectivity index (χ2v) is 1.44. The molecule has 1 radical (unpaired) electrons. The number of rotatable bonds is 0. The minimum Gasteiger partial charge on any atom is -0.362 e. The molecular weight excluding hydrogens is 98.9 g/mol. The van der Waals surface area contributed by atoms with Gasteiger partial charge >= 0.3 is 0 Å². The van der Waals surface area contributed by atoms with Crippen LogP contribution in [0.1, 0.15) is 0 Å². The van der Waals surface area contributed by atoms with Gasteiger partial charge in [-0.1, -0.05) is 12.2 Å². The van der Waals surface area contributed by atoms with Gasteiger partial charge in [0.15, 0.2) is 0 Å². The van der Waals surface area contributed by atoms with E-state index in [4.69, 9.17) is 5.53 Å². The van der Waals surface area contributed by atoms with Crippen LogP contribution >= 0.6 is 0 Å². The van der Waals surface area contributed by atoms with Crippen LogP contribution in [0.4, 0.5) is 0 Å². The summed E-state index contributed by atoms with van der Waals surface area (Å²) in [7, 11) is 1.72. The molecule has 3 heteroatoms. The van der Waals surface area contributed by atoms with Crippen molar-refractivity contribution >= 4 is 12.9 Å². The zero-order valence-corrected chi connectivity index (χ0v) is 4.28. The predicted octanol–water partition coefficient (Wildman–Crippen LogP) is 0.402. The van der Waals surface area contributed by atoms with Gasteiger partial charge in [0.25, 0.3) is 7.28 Å². The Balaban J connectivity index is 2.80. The number of allylic oxidation sites excluding steroid dienone is 3. The van der Waals surface area contributed by atoms with Gasteiger partial charge in [0.1, 0.15) is 0 Å². The number of nitrogens with zero attached hydrogens (tertiary/aromatic N) is 2. The Morgan fingerprint density at radius 3 is 2.75 bits per heavy atom. The quantitative estimate of drug-likeness (QED) is 0.242. The summed E-state index contributed by atoms with van der Waals surface area (Å²) in [5.41, 5.74) is 8.75. The van der Waals surface area contributed by atoms with Gasteiger partial charge in [0.05, 0.1) is 0 Å².